The van der Waals surface area contributed by atoms with Gasteiger partial charge in [-0.15, -0.1) is 0 Å². The van der Waals surface area contributed by atoms with Crippen LogP contribution < -0.4 is 0 Å². The summed E-state index contributed by atoms with van der Waals surface area (Å²) in [6.07, 6.45) is 7.50. The Bertz CT molecular complexity index is 1590. The van der Waals surface area contributed by atoms with Crippen molar-refractivity contribution in [3.05, 3.63) is 118 Å². The summed E-state index contributed by atoms with van der Waals surface area (Å²) in [7, 11) is 0. The van der Waals surface area contributed by atoms with Gasteiger partial charge in [0.05, 0.1) is 22.7 Å². The first kappa shape index (κ1) is 26.5. The molecule has 0 bridgehead atoms. The molecular weight excluding hydrogens is 492 g/mol. The fourth-order valence-electron chi connectivity index (χ4n) is 4.51. The van der Waals surface area contributed by atoms with Gasteiger partial charge in [-0.3, -0.25) is 0 Å². The first-order valence-corrected chi connectivity index (χ1v) is 11.9. The Kier molecular flexibility index (Phi) is 8.88. The lowest BCUT2D eigenvalue weighted by molar-refractivity contribution is 0.564. The molecule has 188 valence electrons. The number of hydrogen-bond acceptors (Lipinski definition) is 8. The molecule has 0 aliphatic carbocycles. The molecule has 0 fully saturated rings. The van der Waals surface area contributed by atoms with Crippen LogP contribution in [-0.2, 0) is 38.4 Å². The second-order valence-electron chi connectivity index (χ2n) is 8.43. The molecule has 0 aliphatic heterocycles. The van der Waals surface area contributed by atoms with Crippen molar-refractivity contribution >= 4 is 47.1 Å². The molecule has 0 radical (unpaired) electrons. The van der Waals surface area contributed by atoms with Crippen molar-refractivity contribution in [3.63, 3.8) is 0 Å². The van der Waals surface area contributed by atoms with Crippen molar-refractivity contribution in [2.24, 2.45) is 20.0 Å². The molecule has 4 aromatic rings. The molecule has 8 heteroatoms. The summed E-state index contributed by atoms with van der Waals surface area (Å²) in [6, 6.07) is 25.2. The minimum absolute atomic E-state index is 0.344. The number of hydrogen-bond donors (Lipinski definition) is 0. The lowest BCUT2D eigenvalue weighted by atomic mass is 9.89. The van der Waals surface area contributed by atoms with Crippen LogP contribution in [0.15, 0.2) is 105 Å². The zero-order valence-corrected chi connectivity index (χ0v) is 20.6. The van der Waals surface area contributed by atoms with E-state index in [1.807, 2.05) is 36.4 Å². The number of isocyanates is 4. The van der Waals surface area contributed by atoms with Crippen molar-refractivity contribution < 1.29 is 19.2 Å². The third kappa shape index (κ3) is 6.40. The van der Waals surface area contributed by atoms with Crippen LogP contribution in [-0.4, -0.2) is 24.3 Å². The lowest BCUT2D eigenvalue weighted by Crippen LogP contribution is -2.02. The van der Waals surface area contributed by atoms with Gasteiger partial charge in [-0.05, 0) is 64.1 Å². The van der Waals surface area contributed by atoms with Crippen molar-refractivity contribution in [1.29, 1.82) is 0 Å². The second kappa shape index (κ2) is 13.1. The third-order valence-corrected chi connectivity index (χ3v) is 6.26. The standard InChI is InChI=1S/C31H20N4O4/c36-18-32-28-11-3-1-7-24(28)16-26-22(9-5-13-30(26)34-20-38)15-23-10-6-14-31(35-21-39)27(23)17-25-8-2-4-12-29(25)33-19-37/h1-14H,15-17H2. The Morgan fingerprint density at radius 2 is 0.718 bits per heavy atom. The normalized spacial score (nSPS) is 9.85. The van der Waals surface area contributed by atoms with Gasteiger partial charge in [0.2, 0.25) is 24.3 Å². The molecule has 0 saturated heterocycles. The van der Waals surface area contributed by atoms with Gasteiger partial charge >= 0.3 is 0 Å². The summed E-state index contributed by atoms with van der Waals surface area (Å²) in [5.41, 5.74) is 6.60. The molecule has 8 nitrogen and oxygen atoms in total. The smallest absolute Gasteiger partial charge is 0.211 e. The maximum absolute atomic E-state index is 11.2. The fraction of sp³-hybridized carbons (Fsp3) is 0.0968. The van der Waals surface area contributed by atoms with E-state index in [4.69, 9.17) is 0 Å². The first-order valence-electron chi connectivity index (χ1n) is 11.9. The van der Waals surface area contributed by atoms with Gasteiger partial charge in [0.15, 0.2) is 0 Å². The van der Waals surface area contributed by atoms with E-state index in [1.165, 1.54) is 0 Å². The predicted molar refractivity (Wildman–Crippen MR) is 145 cm³/mol. The van der Waals surface area contributed by atoms with Crippen molar-refractivity contribution in [2.45, 2.75) is 19.3 Å². The second-order valence-corrected chi connectivity index (χ2v) is 8.43. The summed E-state index contributed by atoms with van der Waals surface area (Å²) in [4.78, 5) is 59.9. The van der Waals surface area contributed by atoms with E-state index in [1.54, 1.807) is 72.9 Å². The quantitative estimate of drug-likeness (QED) is 0.182. The van der Waals surface area contributed by atoms with Crippen molar-refractivity contribution in [1.82, 2.24) is 0 Å². The number of carbonyl (C=O) groups excluding carboxylic acids is 4. The van der Waals surface area contributed by atoms with Gasteiger partial charge in [-0.1, -0.05) is 60.7 Å². The fourth-order valence-corrected chi connectivity index (χ4v) is 4.51. The van der Waals surface area contributed by atoms with Gasteiger partial charge in [-0.25, -0.2) is 19.2 Å². The predicted octanol–water partition coefficient (Wildman–Crippen LogP) is 6.33. The molecule has 0 N–H and O–H groups in total. The highest BCUT2D eigenvalue weighted by atomic mass is 16.1. The average Bonchev–Trinajstić information content (AvgIpc) is 2.94. The van der Waals surface area contributed by atoms with E-state index >= 15 is 0 Å². The highest BCUT2D eigenvalue weighted by molar-refractivity contribution is 5.64. The highest BCUT2D eigenvalue weighted by Gasteiger charge is 2.16. The largest absolute Gasteiger partial charge is 0.240 e. The molecular formula is C31H20N4O4. The lowest BCUT2D eigenvalue weighted by Gasteiger charge is -2.17. The van der Waals surface area contributed by atoms with E-state index in [0.717, 1.165) is 33.4 Å². The SMILES string of the molecule is O=C=Nc1ccccc1Cc1c(Cc2cccc(N=C=O)c2Cc2ccccc2N=C=O)cccc1N=C=O. The van der Waals surface area contributed by atoms with Crippen molar-refractivity contribution in [2.75, 3.05) is 0 Å². The van der Waals surface area contributed by atoms with Crippen LogP contribution >= 0.6 is 0 Å². The number of benzene rings is 4. The molecule has 0 heterocycles. The molecule has 0 unspecified atom stereocenters. The first-order chi connectivity index (χ1) is 19.2. The Hall–Kier alpha value is -5.60. The molecule has 0 aromatic heterocycles. The summed E-state index contributed by atoms with van der Waals surface area (Å²) in [5, 5.41) is 0. The Morgan fingerprint density at radius 1 is 0.385 bits per heavy atom. The van der Waals surface area contributed by atoms with E-state index in [-0.39, 0.29) is 0 Å². The van der Waals surface area contributed by atoms with Crippen LogP contribution in [0.25, 0.3) is 0 Å². The van der Waals surface area contributed by atoms with Crippen LogP contribution in [0.1, 0.15) is 33.4 Å². The summed E-state index contributed by atoms with van der Waals surface area (Å²) < 4.78 is 0. The van der Waals surface area contributed by atoms with Crippen LogP contribution in [0.5, 0.6) is 0 Å². The van der Waals surface area contributed by atoms with Crippen LogP contribution in [0, 0.1) is 0 Å². The van der Waals surface area contributed by atoms with Crippen molar-refractivity contribution in [3.8, 4) is 0 Å². The van der Waals surface area contributed by atoms with Crippen LogP contribution in [0.2, 0.25) is 0 Å². The Morgan fingerprint density at radius 3 is 1.13 bits per heavy atom. The Balaban J connectivity index is 1.84. The molecule has 0 atom stereocenters. The maximum atomic E-state index is 11.2. The van der Waals surface area contributed by atoms with E-state index in [2.05, 4.69) is 20.0 Å². The average molecular weight is 513 g/mol. The van der Waals surface area contributed by atoms with E-state index < -0.39 is 0 Å². The molecule has 39 heavy (non-hydrogen) atoms. The van der Waals surface area contributed by atoms with Crippen LogP contribution in [0.4, 0.5) is 22.7 Å². The van der Waals surface area contributed by atoms with Gasteiger partial charge in [-0.2, -0.15) is 20.0 Å². The highest BCUT2D eigenvalue weighted by Crippen LogP contribution is 2.34. The van der Waals surface area contributed by atoms with E-state index in [0.29, 0.717) is 42.0 Å². The van der Waals surface area contributed by atoms with Gasteiger partial charge in [0.25, 0.3) is 0 Å². The summed E-state index contributed by atoms with van der Waals surface area (Å²) in [5.74, 6) is 0. The maximum Gasteiger partial charge on any atom is 0.240 e. The zero-order valence-electron chi connectivity index (χ0n) is 20.6. The van der Waals surface area contributed by atoms with Gasteiger partial charge < -0.3 is 0 Å². The number of rotatable bonds is 10. The zero-order chi connectivity index (χ0) is 27.5. The van der Waals surface area contributed by atoms with Gasteiger partial charge in [0.1, 0.15) is 0 Å². The minimum atomic E-state index is 0.344. The Labute approximate surface area is 223 Å². The molecule has 0 aliphatic rings. The minimum Gasteiger partial charge on any atom is -0.211 e. The molecule has 0 amide bonds. The number of nitrogens with zero attached hydrogens (tertiary/aromatic N) is 4. The third-order valence-electron chi connectivity index (χ3n) is 6.26. The summed E-state index contributed by atoms with van der Waals surface area (Å²) in [6.45, 7) is 0. The number of aliphatic imine (C=N–C) groups is 4. The molecule has 4 rings (SSSR count). The topological polar surface area (TPSA) is 118 Å². The molecule has 4 aromatic carbocycles. The number of para-hydroxylation sites is 2. The molecule has 0 spiro atoms. The van der Waals surface area contributed by atoms with Crippen LogP contribution in [0.3, 0.4) is 0 Å². The van der Waals surface area contributed by atoms with Gasteiger partial charge in [0, 0.05) is 12.8 Å². The monoisotopic (exact) mass is 512 g/mol. The van der Waals surface area contributed by atoms with E-state index in [9.17, 15) is 19.2 Å². The molecule has 0 saturated carbocycles. The summed E-state index contributed by atoms with van der Waals surface area (Å²) >= 11 is 0.